The Kier molecular flexibility index (Phi) is 5.91. The summed E-state index contributed by atoms with van der Waals surface area (Å²) in [5.41, 5.74) is 1.47. The third-order valence-corrected chi connectivity index (χ3v) is 6.94. The number of carbonyl (C=O) groups excluding carboxylic acids is 1. The number of rotatable bonds is 5. The van der Waals surface area contributed by atoms with E-state index in [1.54, 1.807) is 17.0 Å². The fraction of sp³-hybridized carbons (Fsp3) is 0.167. The highest BCUT2D eigenvalue weighted by Gasteiger charge is 2.37. The van der Waals surface area contributed by atoms with Crippen LogP contribution in [0.4, 0.5) is 13.2 Å². The molecule has 11 heteroatoms. The zero-order valence-electron chi connectivity index (χ0n) is 14.8. The lowest BCUT2D eigenvalue weighted by molar-refractivity contribution is -0.139. The van der Waals surface area contributed by atoms with Crippen LogP contribution in [-0.2, 0) is 27.4 Å². The molecule has 154 valence electrons. The Morgan fingerprint density at radius 3 is 2.55 bits per heavy atom. The topological polar surface area (TPSA) is 75.3 Å². The fourth-order valence-corrected chi connectivity index (χ4v) is 5.17. The van der Waals surface area contributed by atoms with Crippen LogP contribution >= 0.6 is 22.9 Å². The molecule has 0 radical (unpaired) electrons. The van der Waals surface area contributed by atoms with Gasteiger partial charge in [-0.25, -0.2) is 8.42 Å². The first-order valence-electron chi connectivity index (χ1n) is 8.13. The molecular formula is C18H14ClF3N2O3S2. The summed E-state index contributed by atoms with van der Waals surface area (Å²) >= 11 is 7.33. The molecule has 0 fully saturated rings. The van der Waals surface area contributed by atoms with Crippen LogP contribution in [0.25, 0.3) is 10.1 Å². The Balaban J connectivity index is 1.75. The number of amides is 1. The summed E-state index contributed by atoms with van der Waals surface area (Å²) in [4.78, 5) is 13.6. The van der Waals surface area contributed by atoms with Gasteiger partial charge in [0, 0.05) is 14.6 Å². The minimum atomic E-state index is -4.86. The largest absolute Gasteiger partial charge is 0.417 e. The fourth-order valence-electron chi connectivity index (χ4n) is 2.72. The molecule has 1 aromatic heterocycles. The number of hydrogen-bond acceptors (Lipinski definition) is 4. The SMILES string of the molecule is Cc1c(CC(=O)NNS(=O)(=O)c2ccccc2C(F)(F)F)sc2ccc(Cl)cc12. The minimum absolute atomic E-state index is 0.147. The third-order valence-electron chi connectivity index (χ3n) is 4.12. The first-order valence-corrected chi connectivity index (χ1v) is 10.8. The average molecular weight is 463 g/mol. The van der Waals surface area contributed by atoms with Crippen molar-refractivity contribution in [2.24, 2.45) is 0 Å². The van der Waals surface area contributed by atoms with Crippen molar-refractivity contribution in [2.45, 2.75) is 24.4 Å². The van der Waals surface area contributed by atoms with Crippen molar-refractivity contribution in [2.75, 3.05) is 0 Å². The molecule has 0 aliphatic rings. The van der Waals surface area contributed by atoms with Crippen LogP contribution in [-0.4, -0.2) is 14.3 Å². The van der Waals surface area contributed by atoms with E-state index in [2.05, 4.69) is 0 Å². The maximum absolute atomic E-state index is 13.1. The van der Waals surface area contributed by atoms with Gasteiger partial charge in [-0.3, -0.25) is 10.2 Å². The molecule has 2 aromatic carbocycles. The summed E-state index contributed by atoms with van der Waals surface area (Å²) in [6.45, 7) is 1.81. The van der Waals surface area contributed by atoms with Crippen LogP contribution in [0, 0.1) is 6.92 Å². The van der Waals surface area contributed by atoms with Gasteiger partial charge in [0.1, 0.15) is 0 Å². The van der Waals surface area contributed by atoms with Crippen molar-refractivity contribution < 1.29 is 26.4 Å². The molecule has 0 saturated heterocycles. The highest BCUT2D eigenvalue weighted by atomic mass is 35.5. The number of benzene rings is 2. The number of halogens is 4. The summed E-state index contributed by atoms with van der Waals surface area (Å²) in [6.07, 6.45) is -5.00. The third kappa shape index (κ3) is 4.72. The summed E-state index contributed by atoms with van der Waals surface area (Å²) in [5, 5.41) is 1.43. The minimum Gasteiger partial charge on any atom is -0.277 e. The molecule has 1 heterocycles. The van der Waals surface area contributed by atoms with E-state index in [1.807, 2.05) is 18.4 Å². The number of sulfonamides is 1. The van der Waals surface area contributed by atoms with E-state index < -0.39 is 32.6 Å². The molecule has 3 rings (SSSR count). The van der Waals surface area contributed by atoms with Gasteiger partial charge >= 0.3 is 6.18 Å². The number of nitrogens with one attached hydrogen (secondary N) is 2. The van der Waals surface area contributed by atoms with Crippen molar-refractivity contribution in [3.63, 3.8) is 0 Å². The van der Waals surface area contributed by atoms with Gasteiger partial charge in [-0.05, 0) is 48.2 Å². The summed E-state index contributed by atoms with van der Waals surface area (Å²) in [6, 6.07) is 9.01. The normalized spacial score (nSPS) is 12.3. The zero-order chi connectivity index (χ0) is 21.4. The van der Waals surface area contributed by atoms with Gasteiger partial charge in [0.05, 0.1) is 16.9 Å². The molecule has 0 unspecified atom stereocenters. The number of fused-ring (bicyclic) bond motifs is 1. The quantitative estimate of drug-likeness (QED) is 0.551. The van der Waals surface area contributed by atoms with Crippen molar-refractivity contribution in [1.82, 2.24) is 10.3 Å². The number of thiophene rings is 1. The van der Waals surface area contributed by atoms with E-state index in [-0.39, 0.29) is 6.42 Å². The molecule has 0 bridgehead atoms. The first-order chi connectivity index (χ1) is 13.5. The number of alkyl halides is 3. The van der Waals surface area contributed by atoms with Crippen LogP contribution in [0.5, 0.6) is 0 Å². The number of hydrazine groups is 1. The number of hydrogen-bond donors (Lipinski definition) is 2. The van der Waals surface area contributed by atoms with E-state index >= 15 is 0 Å². The lowest BCUT2D eigenvalue weighted by Gasteiger charge is -2.14. The lowest BCUT2D eigenvalue weighted by Crippen LogP contribution is -2.42. The molecular weight excluding hydrogens is 449 g/mol. The van der Waals surface area contributed by atoms with E-state index in [1.165, 1.54) is 11.3 Å². The Hall–Kier alpha value is -2.14. The van der Waals surface area contributed by atoms with E-state index in [0.717, 1.165) is 33.8 Å². The molecule has 0 aliphatic carbocycles. The highest BCUT2D eigenvalue weighted by molar-refractivity contribution is 7.89. The van der Waals surface area contributed by atoms with Gasteiger partial charge in [-0.2, -0.15) is 13.2 Å². The maximum Gasteiger partial charge on any atom is 0.417 e. The second-order valence-electron chi connectivity index (χ2n) is 6.12. The van der Waals surface area contributed by atoms with Gasteiger partial charge in [-0.1, -0.05) is 23.7 Å². The summed E-state index contributed by atoms with van der Waals surface area (Å²) in [7, 11) is -4.62. The van der Waals surface area contributed by atoms with Crippen LogP contribution < -0.4 is 10.3 Å². The lowest BCUT2D eigenvalue weighted by atomic mass is 10.1. The number of carbonyl (C=O) groups is 1. The predicted molar refractivity (Wildman–Crippen MR) is 105 cm³/mol. The second-order valence-corrected chi connectivity index (χ2v) is 9.34. The highest BCUT2D eigenvalue weighted by Crippen LogP contribution is 2.34. The molecule has 3 aromatic rings. The number of aryl methyl sites for hydroxylation is 1. The Labute approximate surface area is 173 Å². The maximum atomic E-state index is 13.1. The Morgan fingerprint density at radius 1 is 1.17 bits per heavy atom. The molecule has 0 spiro atoms. The van der Waals surface area contributed by atoms with Crippen molar-refractivity contribution in [3.8, 4) is 0 Å². The van der Waals surface area contributed by atoms with Gasteiger partial charge in [-0.15, -0.1) is 16.2 Å². The predicted octanol–water partition coefficient (Wildman–Crippen LogP) is 4.43. The van der Waals surface area contributed by atoms with Crippen LogP contribution in [0.2, 0.25) is 5.02 Å². The smallest absolute Gasteiger partial charge is 0.277 e. The van der Waals surface area contributed by atoms with Crippen molar-refractivity contribution >= 4 is 49.0 Å². The summed E-state index contributed by atoms with van der Waals surface area (Å²) in [5.74, 6) is -0.709. The molecule has 29 heavy (non-hydrogen) atoms. The monoisotopic (exact) mass is 462 g/mol. The van der Waals surface area contributed by atoms with E-state index in [4.69, 9.17) is 11.6 Å². The zero-order valence-corrected chi connectivity index (χ0v) is 17.2. The van der Waals surface area contributed by atoms with Gasteiger partial charge in [0.15, 0.2) is 0 Å². The average Bonchev–Trinajstić information content (AvgIpc) is 2.95. The second kappa shape index (κ2) is 7.94. The first kappa shape index (κ1) is 21.6. The molecule has 0 aliphatic heterocycles. The molecule has 1 amide bonds. The van der Waals surface area contributed by atoms with Gasteiger partial charge in [0.2, 0.25) is 5.91 Å². The molecule has 0 atom stereocenters. The van der Waals surface area contributed by atoms with Gasteiger partial charge in [0.25, 0.3) is 10.0 Å². The Morgan fingerprint density at radius 2 is 1.86 bits per heavy atom. The van der Waals surface area contributed by atoms with Crippen LogP contribution in [0.3, 0.4) is 0 Å². The Bertz CT molecular complexity index is 1190. The molecule has 0 saturated carbocycles. The standard InChI is InChI=1S/C18H14ClF3N2O3S2/c1-10-12-8-11(19)6-7-14(12)28-15(10)9-17(25)23-24-29(26,27)16-5-3-2-4-13(16)18(20,21)22/h2-8,24H,9H2,1H3,(H,23,25). The molecule has 2 N–H and O–H groups in total. The van der Waals surface area contributed by atoms with Crippen molar-refractivity contribution in [1.29, 1.82) is 0 Å². The molecule has 5 nitrogen and oxygen atoms in total. The van der Waals surface area contributed by atoms with E-state index in [9.17, 15) is 26.4 Å². The van der Waals surface area contributed by atoms with E-state index in [0.29, 0.717) is 16.0 Å². The van der Waals surface area contributed by atoms with Crippen LogP contribution in [0.1, 0.15) is 16.0 Å². The summed E-state index contributed by atoms with van der Waals surface area (Å²) < 4.78 is 64.6. The van der Waals surface area contributed by atoms with Gasteiger partial charge < -0.3 is 0 Å². The van der Waals surface area contributed by atoms with Crippen LogP contribution in [0.15, 0.2) is 47.4 Å². The van der Waals surface area contributed by atoms with Crippen molar-refractivity contribution in [3.05, 3.63) is 63.5 Å².